The monoisotopic (exact) mass is 378 g/mol. The van der Waals surface area contributed by atoms with E-state index in [1.54, 1.807) is 7.11 Å². The highest BCUT2D eigenvalue weighted by Crippen LogP contribution is 2.25. The van der Waals surface area contributed by atoms with Crippen LogP contribution in [0.5, 0.6) is 5.75 Å². The number of benzene rings is 1. The van der Waals surface area contributed by atoms with Crippen LogP contribution in [-0.4, -0.2) is 49.6 Å². The molecule has 1 aromatic carbocycles. The minimum Gasteiger partial charge on any atom is -0.496 e. The van der Waals surface area contributed by atoms with Gasteiger partial charge < -0.3 is 9.64 Å². The average molecular weight is 379 g/mol. The van der Waals surface area contributed by atoms with Gasteiger partial charge >= 0.3 is 0 Å². The van der Waals surface area contributed by atoms with Gasteiger partial charge in [-0.3, -0.25) is 4.90 Å². The van der Waals surface area contributed by atoms with Gasteiger partial charge in [-0.1, -0.05) is 28.1 Å². The Bertz CT molecular complexity index is 538. The molecule has 0 N–H and O–H groups in total. The fourth-order valence-electron chi connectivity index (χ4n) is 3.63. The first-order valence-corrected chi connectivity index (χ1v) is 9.46. The molecule has 23 heavy (non-hydrogen) atoms. The van der Waals surface area contributed by atoms with Crippen molar-refractivity contribution >= 4 is 15.9 Å². The summed E-state index contributed by atoms with van der Waals surface area (Å²) in [6.07, 6.45) is 8.61. The van der Waals surface area contributed by atoms with E-state index in [0.29, 0.717) is 0 Å². The van der Waals surface area contributed by atoms with Gasteiger partial charge in [-0.05, 0) is 43.4 Å². The largest absolute Gasteiger partial charge is 0.496 e. The minimum atomic E-state index is 0.872. The van der Waals surface area contributed by atoms with Crippen LogP contribution in [-0.2, 0) is 6.54 Å². The first-order valence-electron chi connectivity index (χ1n) is 8.66. The highest BCUT2D eigenvalue weighted by molar-refractivity contribution is 9.10. The maximum Gasteiger partial charge on any atom is 0.123 e. The summed E-state index contributed by atoms with van der Waals surface area (Å²) in [5.74, 6) is 1.86. The summed E-state index contributed by atoms with van der Waals surface area (Å²) >= 11 is 3.57. The van der Waals surface area contributed by atoms with E-state index in [-0.39, 0.29) is 0 Å². The van der Waals surface area contributed by atoms with E-state index in [4.69, 9.17) is 4.74 Å². The van der Waals surface area contributed by atoms with Gasteiger partial charge in [0.25, 0.3) is 0 Å². The average Bonchev–Trinajstić information content (AvgIpc) is 2.58. The second kappa shape index (κ2) is 8.32. The number of methoxy groups -OCH3 is 1. The molecule has 3 nitrogen and oxygen atoms in total. The third-order valence-electron chi connectivity index (χ3n) is 5.00. The summed E-state index contributed by atoms with van der Waals surface area (Å²) in [6, 6.07) is 6.27. The number of piperazine rings is 1. The van der Waals surface area contributed by atoms with Crippen LogP contribution in [0.15, 0.2) is 34.8 Å². The SMILES string of the molecule is COc1ccc(Br)cc1CN1CCN(C[C@@H]2CC=CCC2)CC1. The molecule has 126 valence electrons. The van der Waals surface area contributed by atoms with Crippen molar-refractivity contribution in [2.75, 3.05) is 39.8 Å². The third kappa shape index (κ3) is 4.82. The van der Waals surface area contributed by atoms with Gasteiger partial charge in [0.15, 0.2) is 0 Å². The molecule has 0 radical (unpaired) electrons. The maximum atomic E-state index is 5.50. The van der Waals surface area contributed by atoms with E-state index in [9.17, 15) is 0 Å². The predicted octanol–water partition coefficient (Wildman–Crippen LogP) is 3.93. The summed E-state index contributed by atoms with van der Waals surface area (Å²) < 4.78 is 6.62. The van der Waals surface area contributed by atoms with Gasteiger partial charge in [0.05, 0.1) is 7.11 Å². The fraction of sp³-hybridized carbons (Fsp3) is 0.579. The molecule has 2 aliphatic rings. The van der Waals surface area contributed by atoms with Crippen molar-refractivity contribution < 1.29 is 4.74 Å². The molecule has 4 heteroatoms. The molecule has 1 heterocycles. The van der Waals surface area contributed by atoms with Gasteiger partial charge in [-0.15, -0.1) is 0 Å². The molecule has 0 spiro atoms. The lowest BCUT2D eigenvalue weighted by atomic mass is 9.94. The zero-order valence-electron chi connectivity index (χ0n) is 14.0. The van der Waals surface area contributed by atoms with Crippen molar-refractivity contribution in [3.05, 3.63) is 40.4 Å². The summed E-state index contributed by atoms with van der Waals surface area (Å²) in [6.45, 7) is 6.94. The van der Waals surface area contributed by atoms with Crippen molar-refractivity contribution in [2.45, 2.75) is 25.8 Å². The minimum absolute atomic E-state index is 0.872. The van der Waals surface area contributed by atoms with Crippen molar-refractivity contribution in [1.29, 1.82) is 0 Å². The molecule has 1 aromatic rings. The van der Waals surface area contributed by atoms with Crippen LogP contribution in [0.25, 0.3) is 0 Å². The predicted molar refractivity (Wildman–Crippen MR) is 98.9 cm³/mol. The van der Waals surface area contributed by atoms with E-state index in [1.165, 1.54) is 44.5 Å². The van der Waals surface area contributed by atoms with E-state index in [2.05, 4.69) is 43.9 Å². The van der Waals surface area contributed by atoms with E-state index in [1.807, 2.05) is 12.1 Å². The van der Waals surface area contributed by atoms with Gasteiger partial charge in [-0.25, -0.2) is 0 Å². The first kappa shape index (κ1) is 17.0. The molecule has 0 saturated carbocycles. The molecular weight excluding hydrogens is 352 g/mol. The Morgan fingerprint density at radius 3 is 2.61 bits per heavy atom. The third-order valence-corrected chi connectivity index (χ3v) is 5.49. The summed E-state index contributed by atoms with van der Waals surface area (Å²) in [7, 11) is 1.75. The maximum absolute atomic E-state index is 5.50. The van der Waals surface area contributed by atoms with Gasteiger partial charge in [0, 0.05) is 49.3 Å². The molecule has 0 amide bonds. The van der Waals surface area contributed by atoms with E-state index >= 15 is 0 Å². The van der Waals surface area contributed by atoms with Crippen LogP contribution in [0.3, 0.4) is 0 Å². The highest BCUT2D eigenvalue weighted by Gasteiger charge is 2.21. The zero-order valence-corrected chi connectivity index (χ0v) is 15.6. The van der Waals surface area contributed by atoms with Crippen molar-refractivity contribution in [3.63, 3.8) is 0 Å². The molecule has 1 aliphatic heterocycles. The lowest BCUT2D eigenvalue weighted by Crippen LogP contribution is -2.47. The Balaban J connectivity index is 1.49. The lowest BCUT2D eigenvalue weighted by Gasteiger charge is -2.37. The van der Waals surface area contributed by atoms with Crippen molar-refractivity contribution in [1.82, 2.24) is 9.80 Å². The first-order chi connectivity index (χ1) is 11.2. The molecular formula is C19H27BrN2O. The molecule has 3 rings (SSSR count). The van der Waals surface area contributed by atoms with Crippen LogP contribution < -0.4 is 4.74 Å². The number of ether oxygens (including phenoxy) is 1. The van der Waals surface area contributed by atoms with Gasteiger partial charge in [-0.2, -0.15) is 0 Å². The Hall–Kier alpha value is -0.840. The molecule has 1 fully saturated rings. The molecule has 0 unspecified atom stereocenters. The second-order valence-corrected chi connectivity index (χ2v) is 7.60. The molecule has 1 atom stereocenters. The fourth-order valence-corrected chi connectivity index (χ4v) is 4.04. The molecule has 1 saturated heterocycles. The standard InChI is InChI=1S/C19H27BrN2O/c1-23-19-8-7-18(20)13-17(19)15-22-11-9-21(10-12-22)14-16-5-3-2-4-6-16/h2-3,7-8,13,16H,4-6,9-12,14-15H2,1H3/t16-/m1/s1. The van der Waals surface area contributed by atoms with Crippen molar-refractivity contribution in [2.24, 2.45) is 5.92 Å². The van der Waals surface area contributed by atoms with Crippen LogP contribution in [0.2, 0.25) is 0 Å². The number of allylic oxidation sites excluding steroid dienone is 2. The van der Waals surface area contributed by atoms with Gasteiger partial charge in [0.2, 0.25) is 0 Å². The molecule has 0 bridgehead atoms. The van der Waals surface area contributed by atoms with Crippen molar-refractivity contribution in [3.8, 4) is 5.75 Å². The number of rotatable bonds is 5. The van der Waals surface area contributed by atoms with Gasteiger partial charge in [0.1, 0.15) is 5.75 Å². The Labute approximate surface area is 148 Å². The normalized spacial score (nSPS) is 23.1. The zero-order chi connectivity index (χ0) is 16.1. The summed E-state index contributed by atoms with van der Waals surface area (Å²) in [4.78, 5) is 5.19. The molecule has 0 aromatic heterocycles. The van der Waals surface area contributed by atoms with Crippen LogP contribution in [0, 0.1) is 5.92 Å². The Kier molecular flexibility index (Phi) is 6.15. The topological polar surface area (TPSA) is 15.7 Å². The van der Waals surface area contributed by atoms with Crippen LogP contribution in [0.1, 0.15) is 24.8 Å². The van der Waals surface area contributed by atoms with E-state index < -0.39 is 0 Å². The summed E-state index contributed by atoms with van der Waals surface area (Å²) in [5.41, 5.74) is 1.27. The number of halogens is 1. The van der Waals surface area contributed by atoms with Crippen LogP contribution in [0.4, 0.5) is 0 Å². The second-order valence-electron chi connectivity index (χ2n) is 6.68. The number of hydrogen-bond donors (Lipinski definition) is 0. The van der Waals surface area contributed by atoms with Crippen LogP contribution >= 0.6 is 15.9 Å². The lowest BCUT2D eigenvalue weighted by molar-refractivity contribution is 0.110. The smallest absolute Gasteiger partial charge is 0.123 e. The van der Waals surface area contributed by atoms with E-state index in [0.717, 1.165) is 35.8 Å². The quantitative estimate of drug-likeness (QED) is 0.721. The number of hydrogen-bond acceptors (Lipinski definition) is 3. The Morgan fingerprint density at radius 2 is 1.91 bits per heavy atom. The molecule has 1 aliphatic carbocycles. The Morgan fingerprint density at radius 1 is 1.13 bits per heavy atom. The summed E-state index contributed by atoms with van der Waals surface area (Å²) in [5, 5.41) is 0. The highest BCUT2D eigenvalue weighted by atomic mass is 79.9. The number of nitrogens with zero attached hydrogens (tertiary/aromatic N) is 2.